The van der Waals surface area contributed by atoms with E-state index in [1.165, 1.54) is 24.3 Å². The molecule has 0 unspecified atom stereocenters. The maximum Gasteiger partial charge on any atom is 0.240 e. The van der Waals surface area contributed by atoms with Crippen LogP contribution in [0.25, 0.3) is 0 Å². The van der Waals surface area contributed by atoms with E-state index in [1.807, 2.05) is 0 Å². The first kappa shape index (κ1) is 21.9. The molecule has 2 aromatic carbocycles. The fourth-order valence-electron chi connectivity index (χ4n) is 2.11. The van der Waals surface area contributed by atoms with Gasteiger partial charge in [0, 0.05) is 28.9 Å². The molecule has 0 heterocycles. The number of thioether (sulfide) groups is 1. The summed E-state index contributed by atoms with van der Waals surface area (Å²) < 4.78 is 40.2. The van der Waals surface area contributed by atoms with Crippen LogP contribution in [-0.4, -0.2) is 33.2 Å². The van der Waals surface area contributed by atoms with Crippen molar-refractivity contribution in [2.45, 2.75) is 22.6 Å². The molecule has 1 amide bonds. The van der Waals surface area contributed by atoms with Crippen LogP contribution in [0.15, 0.2) is 62.8 Å². The monoisotopic (exact) mass is 474 g/mol. The lowest BCUT2D eigenvalue weighted by Crippen LogP contribution is -2.31. The second-order valence-electron chi connectivity index (χ2n) is 5.61. The topological polar surface area (TPSA) is 75.3 Å². The van der Waals surface area contributed by atoms with Gasteiger partial charge in [-0.05, 0) is 60.7 Å². The predicted molar refractivity (Wildman–Crippen MR) is 109 cm³/mol. The highest BCUT2D eigenvalue weighted by molar-refractivity contribution is 9.10. The highest BCUT2D eigenvalue weighted by Gasteiger charge is 2.13. The minimum absolute atomic E-state index is 0.0363. The number of hydrogen-bond donors (Lipinski definition) is 2. The normalized spacial score (nSPS) is 11.3. The molecular formula is C18H20BrFN2O3S2. The Morgan fingerprint density at radius 3 is 2.37 bits per heavy atom. The molecular weight excluding hydrogens is 455 g/mol. The highest BCUT2D eigenvalue weighted by atomic mass is 79.9. The lowest BCUT2D eigenvalue weighted by molar-refractivity contribution is -0.120. The number of rotatable bonds is 10. The summed E-state index contributed by atoms with van der Waals surface area (Å²) in [4.78, 5) is 12.9. The highest BCUT2D eigenvalue weighted by Crippen LogP contribution is 2.18. The fourth-order valence-corrected chi connectivity index (χ4v) is 4.25. The molecule has 0 radical (unpaired) electrons. The Morgan fingerprint density at radius 2 is 1.70 bits per heavy atom. The number of hydrogen-bond acceptors (Lipinski definition) is 4. The Morgan fingerprint density at radius 1 is 1.04 bits per heavy atom. The van der Waals surface area contributed by atoms with Crippen molar-refractivity contribution in [2.24, 2.45) is 0 Å². The number of amides is 1. The summed E-state index contributed by atoms with van der Waals surface area (Å²) in [6.45, 7) is 0.543. The molecule has 0 aliphatic rings. The van der Waals surface area contributed by atoms with E-state index in [9.17, 15) is 17.6 Å². The third kappa shape index (κ3) is 8.00. The zero-order valence-corrected chi connectivity index (χ0v) is 17.7. The van der Waals surface area contributed by atoms with Crippen LogP contribution < -0.4 is 10.0 Å². The van der Waals surface area contributed by atoms with Gasteiger partial charge >= 0.3 is 0 Å². The largest absolute Gasteiger partial charge is 0.356 e. The molecule has 9 heteroatoms. The van der Waals surface area contributed by atoms with E-state index in [2.05, 4.69) is 26.0 Å². The molecule has 0 aliphatic carbocycles. The van der Waals surface area contributed by atoms with Gasteiger partial charge in [-0.15, -0.1) is 11.8 Å². The predicted octanol–water partition coefficient (Wildman–Crippen LogP) is 3.56. The first-order valence-electron chi connectivity index (χ1n) is 8.27. The van der Waals surface area contributed by atoms with Gasteiger partial charge in [0.1, 0.15) is 5.82 Å². The third-order valence-corrected chi connectivity index (χ3v) is 6.60. The van der Waals surface area contributed by atoms with Crippen molar-refractivity contribution in [3.8, 4) is 0 Å². The van der Waals surface area contributed by atoms with Crippen molar-refractivity contribution >= 4 is 43.6 Å². The van der Waals surface area contributed by atoms with Crippen LogP contribution in [-0.2, 0) is 14.8 Å². The standard InChI is InChI=1S/C18H20BrFN2O3S2/c19-14-2-8-17(9-3-14)27(24,25)22-12-10-18(23)21-11-1-13-26-16-6-4-15(20)5-7-16/h2-9,22H,1,10-13H2,(H,21,23). The molecule has 2 aromatic rings. The van der Waals surface area contributed by atoms with Crippen LogP contribution in [0.5, 0.6) is 0 Å². The number of nitrogens with one attached hydrogen (secondary N) is 2. The number of benzene rings is 2. The van der Waals surface area contributed by atoms with Crippen LogP contribution in [0.3, 0.4) is 0 Å². The Bertz CT molecular complexity index is 844. The van der Waals surface area contributed by atoms with Gasteiger partial charge in [0.15, 0.2) is 0 Å². The molecule has 2 N–H and O–H groups in total. The van der Waals surface area contributed by atoms with Gasteiger partial charge in [-0.1, -0.05) is 15.9 Å². The molecule has 0 aliphatic heterocycles. The van der Waals surface area contributed by atoms with Crippen molar-refractivity contribution in [3.05, 3.63) is 58.8 Å². The average Bonchev–Trinajstić information content (AvgIpc) is 2.63. The zero-order chi connectivity index (χ0) is 19.7. The summed E-state index contributed by atoms with van der Waals surface area (Å²) >= 11 is 4.84. The Balaban J connectivity index is 1.60. The SMILES string of the molecule is O=C(CCNS(=O)(=O)c1ccc(Br)cc1)NCCCSc1ccc(F)cc1. The summed E-state index contributed by atoms with van der Waals surface area (Å²) in [5.41, 5.74) is 0. The first-order chi connectivity index (χ1) is 12.9. The summed E-state index contributed by atoms with van der Waals surface area (Å²) in [7, 11) is -3.62. The Kier molecular flexibility index (Phi) is 8.75. The van der Waals surface area contributed by atoms with Crippen LogP contribution >= 0.6 is 27.7 Å². The van der Waals surface area contributed by atoms with E-state index in [0.717, 1.165) is 21.5 Å². The van der Waals surface area contributed by atoms with Crippen molar-refractivity contribution in [3.63, 3.8) is 0 Å². The maximum atomic E-state index is 12.8. The summed E-state index contributed by atoms with van der Waals surface area (Å²) in [5, 5.41) is 2.76. The average molecular weight is 475 g/mol. The van der Waals surface area contributed by atoms with E-state index in [0.29, 0.717) is 6.54 Å². The number of halogens is 2. The first-order valence-corrected chi connectivity index (χ1v) is 11.5. The van der Waals surface area contributed by atoms with E-state index < -0.39 is 10.0 Å². The van der Waals surface area contributed by atoms with E-state index in [1.54, 1.807) is 36.0 Å². The molecule has 146 valence electrons. The number of carbonyl (C=O) groups is 1. The summed E-state index contributed by atoms with van der Waals surface area (Å²) in [6.07, 6.45) is 0.833. The smallest absolute Gasteiger partial charge is 0.240 e. The van der Waals surface area contributed by atoms with Crippen molar-refractivity contribution in [1.29, 1.82) is 0 Å². The van der Waals surface area contributed by atoms with Gasteiger partial charge in [-0.3, -0.25) is 4.79 Å². The Labute approximate surface area is 171 Å². The third-order valence-electron chi connectivity index (χ3n) is 3.49. The number of carbonyl (C=O) groups excluding carboxylic acids is 1. The van der Waals surface area contributed by atoms with Crippen LogP contribution in [0.1, 0.15) is 12.8 Å². The molecule has 0 saturated carbocycles. The van der Waals surface area contributed by atoms with Gasteiger partial charge in [0.25, 0.3) is 0 Å². The maximum absolute atomic E-state index is 12.8. The van der Waals surface area contributed by atoms with Gasteiger partial charge < -0.3 is 5.32 Å². The van der Waals surface area contributed by atoms with Crippen molar-refractivity contribution in [1.82, 2.24) is 10.0 Å². The quantitative estimate of drug-likeness (QED) is 0.407. The minimum Gasteiger partial charge on any atom is -0.356 e. The lowest BCUT2D eigenvalue weighted by Gasteiger charge is -2.08. The Hall–Kier alpha value is -1.42. The van der Waals surface area contributed by atoms with Crippen LogP contribution in [0.4, 0.5) is 4.39 Å². The molecule has 2 rings (SSSR count). The van der Waals surface area contributed by atoms with Crippen LogP contribution in [0, 0.1) is 5.82 Å². The molecule has 0 atom stereocenters. The molecule has 0 spiro atoms. The molecule has 5 nitrogen and oxygen atoms in total. The zero-order valence-electron chi connectivity index (χ0n) is 14.5. The summed E-state index contributed by atoms with van der Waals surface area (Å²) in [6, 6.07) is 12.5. The molecule has 27 heavy (non-hydrogen) atoms. The van der Waals surface area contributed by atoms with Crippen LogP contribution in [0.2, 0.25) is 0 Å². The minimum atomic E-state index is -3.62. The van der Waals surface area contributed by atoms with Gasteiger partial charge in [-0.25, -0.2) is 17.5 Å². The van der Waals surface area contributed by atoms with Gasteiger partial charge in [0.05, 0.1) is 4.90 Å². The molecule has 0 bridgehead atoms. The van der Waals surface area contributed by atoms with E-state index >= 15 is 0 Å². The second-order valence-corrected chi connectivity index (χ2v) is 9.46. The van der Waals surface area contributed by atoms with Crippen molar-refractivity contribution < 1.29 is 17.6 Å². The summed E-state index contributed by atoms with van der Waals surface area (Å²) in [5.74, 6) is 0.324. The van der Waals surface area contributed by atoms with Crippen molar-refractivity contribution in [2.75, 3.05) is 18.8 Å². The molecule has 0 aromatic heterocycles. The van der Waals surface area contributed by atoms with E-state index in [-0.39, 0.29) is 29.6 Å². The number of sulfonamides is 1. The second kappa shape index (κ2) is 10.8. The lowest BCUT2D eigenvalue weighted by atomic mass is 10.3. The van der Waals surface area contributed by atoms with Gasteiger partial charge in [0.2, 0.25) is 15.9 Å². The van der Waals surface area contributed by atoms with Gasteiger partial charge in [-0.2, -0.15) is 0 Å². The molecule has 0 saturated heterocycles. The molecule has 0 fully saturated rings. The fraction of sp³-hybridized carbons (Fsp3) is 0.278. The van der Waals surface area contributed by atoms with E-state index in [4.69, 9.17) is 0 Å².